The van der Waals surface area contributed by atoms with Gasteiger partial charge in [-0.3, -0.25) is 14.5 Å². The SMILES string of the molecule is COc1ccc(OC)c(/C(O)=C2\C(=O)C(=O)N(c3cccc(Cl)c3)C2c2c(C)[nH]c3ccccc23)c1. The number of carbonyl (C=O) groups excluding carboxylic acids is 2. The Labute approximate surface area is 212 Å². The van der Waals surface area contributed by atoms with Crippen LogP contribution in [0, 0.1) is 6.92 Å². The largest absolute Gasteiger partial charge is 0.507 e. The Kier molecular flexibility index (Phi) is 5.94. The van der Waals surface area contributed by atoms with Gasteiger partial charge in [0.05, 0.1) is 31.4 Å². The van der Waals surface area contributed by atoms with E-state index in [1.54, 1.807) is 42.5 Å². The molecule has 1 aromatic heterocycles. The highest BCUT2D eigenvalue weighted by Crippen LogP contribution is 2.46. The molecule has 1 saturated heterocycles. The summed E-state index contributed by atoms with van der Waals surface area (Å²) < 4.78 is 10.8. The maximum absolute atomic E-state index is 13.6. The van der Waals surface area contributed by atoms with Crippen molar-refractivity contribution in [2.24, 2.45) is 0 Å². The number of amides is 1. The minimum Gasteiger partial charge on any atom is -0.507 e. The maximum Gasteiger partial charge on any atom is 0.300 e. The number of ketones is 1. The van der Waals surface area contributed by atoms with Gasteiger partial charge in [-0.1, -0.05) is 35.9 Å². The quantitative estimate of drug-likeness (QED) is 0.205. The highest BCUT2D eigenvalue weighted by atomic mass is 35.5. The Morgan fingerprint density at radius 3 is 2.50 bits per heavy atom. The third-order valence-corrected chi connectivity index (χ3v) is 6.64. The predicted octanol–water partition coefficient (Wildman–Crippen LogP) is 5.77. The molecule has 4 aromatic rings. The number of H-pyrrole nitrogens is 1. The zero-order valence-electron chi connectivity index (χ0n) is 19.8. The van der Waals surface area contributed by atoms with Crippen molar-refractivity contribution in [2.75, 3.05) is 19.1 Å². The first kappa shape index (κ1) is 23.5. The molecule has 1 fully saturated rings. The number of aliphatic hydroxyl groups is 1. The molecule has 36 heavy (non-hydrogen) atoms. The molecule has 0 radical (unpaired) electrons. The molecule has 3 aromatic carbocycles. The number of rotatable bonds is 5. The molecule has 1 atom stereocenters. The van der Waals surface area contributed by atoms with Gasteiger partial charge in [-0.15, -0.1) is 0 Å². The van der Waals surface area contributed by atoms with Gasteiger partial charge in [-0.25, -0.2) is 0 Å². The van der Waals surface area contributed by atoms with Crippen LogP contribution >= 0.6 is 11.6 Å². The van der Waals surface area contributed by atoms with Crippen LogP contribution in [0.25, 0.3) is 16.7 Å². The molecule has 1 amide bonds. The average Bonchev–Trinajstić information content (AvgIpc) is 3.35. The van der Waals surface area contributed by atoms with E-state index in [1.807, 2.05) is 31.2 Å². The summed E-state index contributed by atoms with van der Waals surface area (Å²) in [6, 6.07) is 18.3. The van der Waals surface area contributed by atoms with Crippen LogP contribution in [0.1, 0.15) is 22.9 Å². The fraction of sp³-hybridized carbons (Fsp3) is 0.143. The average molecular weight is 503 g/mol. The molecule has 2 heterocycles. The van der Waals surface area contributed by atoms with Crippen molar-refractivity contribution in [1.29, 1.82) is 0 Å². The van der Waals surface area contributed by atoms with Crippen LogP contribution in [0.4, 0.5) is 5.69 Å². The van der Waals surface area contributed by atoms with Crippen LogP contribution in [0.15, 0.2) is 72.3 Å². The number of aryl methyl sites for hydroxylation is 1. The summed E-state index contributed by atoms with van der Waals surface area (Å²) in [5.41, 5.74) is 2.94. The van der Waals surface area contributed by atoms with Gasteiger partial charge in [0.1, 0.15) is 17.3 Å². The van der Waals surface area contributed by atoms with Crippen LogP contribution in [-0.2, 0) is 9.59 Å². The first-order chi connectivity index (χ1) is 17.3. The normalized spacial score (nSPS) is 17.1. The molecule has 182 valence electrons. The molecule has 0 bridgehead atoms. The number of hydrogen-bond donors (Lipinski definition) is 2. The Hall–Kier alpha value is -4.23. The van der Waals surface area contributed by atoms with Gasteiger partial charge in [0.15, 0.2) is 0 Å². The molecule has 8 heteroatoms. The zero-order valence-corrected chi connectivity index (χ0v) is 20.6. The first-order valence-electron chi connectivity index (χ1n) is 11.2. The van der Waals surface area contributed by atoms with E-state index in [9.17, 15) is 14.7 Å². The van der Waals surface area contributed by atoms with Gasteiger partial charge < -0.3 is 19.6 Å². The number of methoxy groups -OCH3 is 2. The van der Waals surface area contributed by atoms with Crippen LogP contribution in [-0.4, -0.2) is 36.0 Å². The lowest BCUT2D eigenvalue weighted by molar-refractivity contribution is -0.132. The number of nitrogens with one attached hydrogen (secondary N) is 1. The van der Waals surface area contributed by atoms with Crippen molar-refractivity contribution in [3.05, 3.63) is 94.1 Å². The number of nitrogens with zero attached hydrogens (tertiary/aromatic N) is 1. The second kappa shape index (κ2) is 9.09. The molecule has 2 N–H and O–H groups in total. The Morgan fingerprint density at radius 1 is 1.00 bits per heavy atom. The minimum absolute atomic E-state index is 0.0561. The van der Waals surface area contributed by atoms with Crippen molar-refractivity contribution in [3.8, 4) is 11.5 Å². The maximum atomic E-state index is 13.6. The summed E-state index contributed by atoms with van der Waals surface area (Å²) in [6.45, 7) is 1.87. The van der Waals surface area contributed by atoms with Crippen molar-refractivity contribution < 1.29 is 24.2 Å². The van der Waals surface area contributed by atoms with Gasteiger partial charge in [0.2, 0.25) is 0 Å². The zero-order chi connectivity index (χ0) is 25.6. The summed E-state index contributed by atoms with van der Waals surface area (Å²) in [5.74, 6) is -1.15. The van der Waals surface area contributed by atoms with Crippen LogP contribution in [0.3, 0.4) is 0 Å². The van der Waals surface area contributed by atoms with Gasteiger partial charge in [0.25, 0.3) is 11.7 Å². The number of aromatic amines is 1. The summed E-state index contributed by atoms with van der Waals surface area (Å²) >= 11 is 6.25. The monoisotopic (exact) mass is 502 g/mol. The number of aromatic nitrogens is 1. The fourth-order valence-corrected chi connectivity index (χ4v) is 4.98. The number of hydrogen-bond acceptors (Lipinski definition) is 5. The minimum atomic E-state index is -0.921. The van der Waals surface area contributed by atoms with E-state index in [2.05, 4.69) is 4.98 Å². The predicted molar refractivity (Wildman–Crippen MR) is 139 cm³/mol. The summed E-state index contributed by atoms with van der Waals surface area (Å²) in [5, 5.41) is 12.8. The van der Waals surface area contributed by atoms with E-state index in [-0.39, 0.29) is 16.9 Å². The van der Waals surface area contributed by atoms with Crippen LogP contribution < -0.4 is 14.4 Å². The number of ether oxygens (including phenoxy) is 2. The standard InChI is InChI=1S/C28H23ClN2O5/c1-15-23(19-9-4-5-10-21(19)30-15)25-24(26(32)20-14-18(35-2)11-12-22(20)36-3)27(33)28(34)31(25)17-8-6-7-16(29)13-17/h4-14,25,30,32H,1-3H3/b26-24+. The number of carbonyl (C=O) groups is 2. The molecule has 1 aliphatic rings. The third kappa shape index (κ3) is 3.69. The summed E-state index contributed by atoms with van der Waals surface area (Å²) in [6.07, 6.45) is 0. The second-order valence-electron chi connectivity index (χ2n) is 8.42. The third-order valence-electron chi connectivity index (χ3n) is 6.41. The lowest BCUT2D eigenvalue weighted by atomic mass is 9.93. The molecule has 0 saturated carbocycles. The van der Waals surface area contributed by atoms with Gasteiger partial charge in [-0.05, 0) is 49.4 Å². The number of Topliss-reactive ketones (excluding diaryl/α,β-unsaturated/α-hetero) is 1. The molecule has 7 nitrogen and oxygen atoms in total. The molecule has 5 rings (SSSR count). The summed E-state index contributed by atoms with van der Waals surface area (Å²) in [4.78, 5) is 31.8. The molecular formula is C28H23ClN2O5. The molecule has 0 aliphatic carbocycles. The van der Waals surface area contributed by atoms with E-state index < -0.39 is 17.7 Å². The van der Waals surface area contributed by atoms with E-state index in [0.29, 0.717) is 27.8 Å². The van der Waals surface area contributed by atoms with E-state index >= 15 is 0 Å². The van der Waals surface area contributed by atoms with E-state index in [4.69, 9.17) is 21.1 Å². The smallest absolute Gasteiger partial charge is 0.300 e. The van der Waals surface area contributed by atoms with Gasteiger partial charge >= 0.3 is 0 Å². The lowest BCUT2D eigenvalue weighted by Gasteiger charge is -2.26. The Bertz CT molecular complexity index is 1550. The Morgan fingerprint density at radius 2 is 1.78 bits per heavy atom. The van der Waals surface area contributed by atoms with Gasteiger partial charge in [0, 0.05) is 32.9 Å². The highest BCUT2D eigenvalue weighted by molar-refractivity contribution is 6.52. The number of aliphatic hydroxyl groups excluding tert-OH is 1. The number of halogens is 1. The summed E-state index contributed by atoms with van der Waals surface area (Å²) in [7, 11) is 2.96. The van der Waals surface area contributed by atoms with Crippen molar-refractivity contribution >= 4 is 45.6 Å². The molecular weight excluding hydrogens is 480 g/mol. The molecule has 1 aliphatic heterocycles. The number of fused-ring (bicyclic) bond motifs is 1. The topological polar surface area (TPSA) is 91.9 Å². The lowest BCUT2D eigenvalue weighted by Crippen LogP contribution is -2.29. The number of benzene rings is 3. The highest BCUT2D eigenvalue weighted by Gasteiger charge is 2.48. The first-order valence-corrected chi connectivity index (χ1v) is 11.6. The fourth-order valence-electron chi connectivity index (χ4n) is 4.79. The Balaban J connectivity index is 1.84. The number of anilines is 1. The van der Waals surface area contributed by atoms with Crippen LogP contribution in [0.2, 0.25) is 5.02 Å². The van der Waals surface area contributed by atoms with Crippen molar-refractivity contribution in [2.45, 2.75) is 13.0 Å². The van der Waals surface area contributed by atoms with E-state index in [0.717, 1.165) is 16.6 Å². The van der Waals surface area contributed by atoms with Crippen LogP contribution in [0.5, 0.6) is 11.5 Å². The second-order valence-corrected chi connectivity index (χ2v) is 8.86. The van der Waals surface area contributed by atoms with E-state index in [1.165, 1.54) is 19.1 Å². The molecule has 1 unspecified atom stereocenters. The van der Waals surface area contributed by atoms with Gasteiger partial charge in [-0.2, -0.15) is 0 Å². The van der Waals surface area contributed by atoms with Crippen molar-refractivity contribution in [3.63, 3.8) is 0 Å². The van der Waals surface area contributed by atoms with Crippen molar-refractivity contribution in [1.82, 2.24) is 4.98 Å². The number of para-hydroxylation sites is 1. The molecule has 0 spiro atoms.